The molecule has 3 heterocycles. The van der Waals surface area contributed by atoms with Crippen molar-refractivity contribution in [2.45, 2.75) is 31.7 Å². The SMILES string of the molecule is CC(C)c1[nH]ncc1C(=O)N1C[C@@H](N)[C@H](c2cn(C)cn2)C1. The highest BCUT2D eigenvalue weighted by atomic mass is 16.2. The Bertz CT molecular complexity index is 673. The van der Waals surface area contributed by atoms with Crippen LogP contribution in [0.5, 0.6) is 0 Å². The number of nitrogens with zero attached hydrogens (tertiary/aromatic N) is 4. The first kappa shape index (κ1) is 14.8. The summed E-state index contributed by atoms with van der Waals surface area (Å²) in [6.45, 7) is 5.22. The fraction of sp³-hybridized carbons (Fsp3) is 0.533. The number of aromatic amines is 1. The number of rotatable bonds is 3. The summed E-state index contributed by atoms with van der Waals surface area (Å²) in [7, 11) is 1.93. The van der Waals surface area contributed by atoms with Gasteiger partial charge in [0.15, 0.2) is 0 Å². The fourth-order valence-corrected chi connectivity index (χ4v) is 3.01. The Morgan fingerprint density at radius 1 is 1.45 bits per heavy atom. The van der Waals surface area contributed by atoms with Crippen LogP contribution in [0.25, 0.3) is 0 Å². The van der Waals surface area contributed by atoms with E-state index in [1.165, 1.54) is 0 Å². The molecule has 3 rings (SSSR count). The van der Waals surface area contributed by atoms with Crippen LogP contribution in [-0.4, -0.2) is 49.7 Å². The molecule has 0 spiro atoms. The third-order valence-electron chi connectivity index (χ3n) is 4.23. The number of amides is 1. The number of likely N-dealkylation sites (tertiary alicyclic amines) is 1. The summed E-state index contributed by atoms with van der Waals surface area (Å²) < 4.78 is 1.90. The first-order valence-corrected chi connectivity index (χ1v) is 7.53. The van der Waals surface area contributed by atoms with Crippen molar-refractivity contribution < 1.29 is 4.79 Å². The molecule has 2 aromatic heterocycles. The molecule has 1 saturated heterocycles. The molecule has 1 fully saturated rings. The molecule has 0 radical (unpaired) electrons. The molecule has 3 N–H and O–H groups in total. The quantitative estimate of drug-likeness (QED) is 0.878. The van der Waals surface area contributed by atoms with Gasteiger partial charge in [0.2, 0.25) is 0 Å². The van der Waals surface area contributed by atoms with Crippen LogP contribution < -0.4 is 5.73 Å². The lowest BCUT2D eigenvalue weighted by atomic mass is 10.0. The van der Waals surface area contributed by atoms with Gasteiger partial charge in [-0.3, -0.25) is 9.89 Å². The zero-order valence-electron chi connectivity index (χ0n) is 13.2. The summed E-state index contributed by atoms with van der Waals surface area (Å²) in [4.78, 5) is 18.9. The second kappa shape index (κ2) is 5.57. The van der Waals surface area contributed by atoms with Gasteiger partial charge in [-0.2, -0.15) is 5.10 Å². The van der Waals surface area contributed by atoms with E-state index in [0.717, 1.165) is 11.4 Å². The number of nitrogens with one attached hydrogen (secondary N) is 1. The number of aryl methyl sites for hydroxylation is 1. The third-order valence-corrected chi connectivity index (χ3v) is 4.23. The molecule has 7 nitrogen and oxygen atoms in total. The van der Waals surface area contributed by atoms with Gasteiger partial charge in [0, 0.05) is 38.3 Å². The van der Waals surface area contributed by atoms with Crippen molar-refractivity contribution in [1.82, 2.24) is 24.6 Å². The van der Waals surface area contributed by atoms with E-state index in [9.17, 15) is 4.79 Å². The minimum absolute atomic E-state index is 0.00803. The van der Waals surface area contributed by atoms with E-state index in [4.69, 9.17) is 5.73 Å². The van der Waals surface area contributed by atoms with Crippen LogP contribution in [0.3, 0.4) is 0 Å². The van der Waals surface area contributed by atoms with Crippen LogP contribution in [0.4, 0.5) is 0 Å². The van der Waals surface area contributed by atoms with Gasteiger partial charge >= 0.3 is 0 Å². The Morgan fingerprint density at radius 2 is 2.23 bits per heavy atom. The summed E-state index contributed by atoms with van der Waals surface area (Å²) >= 11 is 0. The fourth-order valence-electron chi connectivity index (χ4n) is 3.01. The molecule has 0 bridgehead atoms. The molecule has 7 heteroatoms. The van der Waals surface area contributed by atoms with Crippen molar-refractivity contribution >= 4 is 5.91 Å². The number of carbonyl (C=O) groups is 1. The summed E-state index contributed by atoms with van der Waals surface area (Å²) in [6.07, 6.45) is 5.34. The standard InChI is InChI=1S/C15H22N6O/c1-9(2)14-10(4-18-19-14)15(22)21-5-11(12(16)6-21)13-7-20(3)8-17-13/h4,7-9,11-12H,5-6,16H2,1-3H3,(H,18,19)/t11-,12-/m1/s1. The van der Waals surface area contributed by atoms with Crippen molar-refractivity contribution in [2.75, 3.05) is 13.1 Å². The van der Waals surface area contributed by atoms with E-state index < -0.39 is 0 Å². The largest absolute Gasteiger partial charge is 0.340 e. The minimum Gasteiger partial charge on any atom is -0.340 e. The van der Waals surface area contributed by atoms with Crippen molar-refractivity contribution in [1.29, 1.82) is 0 Å². The average molecular weight is 302 g/mol. The molecule has 118 valence electrons. The Morgan fingerprint density at radius 3 is 2.86 bits per heavy atom. The predicted octanol–water partition coefficient (Wildman–Crippen LogP) is 0.833. The monoisotopic (exact) mass is 302 g/mol. The lowest BCUT2D eigenvalue weighted by molar-refractivity contribution is 0.0787. The molecule has 2 atom stereocenters. The van der Waals surface area contributed by atoms with Crippen LogP contribution in [0.15, 0.2) is 18.7 Å². The van der Waals surface area contributed by atoms with E-state index >= 15 is 0 Å². The normalized spacial score (nSPS) is 21.8. The van der Waals surface area contributed by atoms with E-state index in [1.807, 2.05) is 31.7 Å². The topological polar surface area (TPSA) is 92.8 Å². The Balaban J connectivity index is 1.79. The van der Waals surface area contributed by atoms with Gasteiger partial charge in [-0.05, 0) is 5.92 Å². The van der Waals surface area contributed by atoms with Crippen LogP contribution in [0.1, 0.15) is 47.4 Å². The van der Waals surface area contributed by atoms with E-state index in [0.29, 0.717) is 18.7 Å². The minimum atomic E-state index is -0.0896. The predicted molar refractivity (Wildman–Crippen MR) is 82.5 cm³/mol. The lowest BCUT2D eigenvalue weighted by Gasteiger charge is -2.16. The number of carbonyl (C=O) groups excluding carboxylic acids is 1. The third kappa shape index (κ3) is 2.52. The van der Waals surface area contributed by atoms with E-state index in [1.54, 1.807) is 17.4 Å². The highest BCUT2D eigenvalue weighted by molar-refractivity contribution is 5.95. The molecule has 1 amide bonds. The van der Waals surface area contributed by atoms with Crippen LogP contribution in [0, 0.1) is 0 Å². The van der Waals surface area contributed by atoms with Crippen LogP contribution in [0.2, 0.25) is 0 Å². The molecule has 0 aliphatic carbocycles. The van der Waals surface area contributed by atoms with Gasteiger partial charge in [-0.1, -0.05) is 13.8 Å². The molecular weight excluding hydrogens is 280 g/mol. The number of aromatic nitrogens is 4. The number of imidazole rings is 1. The van der Waals surface area contributed by atoms with Gasteiger partial charge in [0.05, 0.1) is 29.5 Å². The molecular formula is C15H22N6O. The average Bonchev–Trinajstić information content (AvgIpc) is 3.16. The molecule has 2 aromatic rings. The summed E-state index contributed by atoms with van der Waals surface area (Å²) in [6, 6.07) is -0.0896. The van der Waals surface area contributed by atoms with Crippen molar-refractivity contribution in [3.05, 3.63) is 35.7 Å². The van der Waals surface area contributed by atoms with Gasteiger partial charge in [-0.25, -0.2) is 4.98 Å². The molecule has 22 heavy (non-hydrogen) atoms. The lowest BCUT2D eigenvalue weighted by Crippen LogP contribution is -2.32. The van der Waals surface area contributed by atoms with Crippen LogP contribution in [-0.2, 0) is 7.05 Å². The first-order chi connectivity index (χ1) is 10.5. The molecule has 0 unspecified atom stereocenters. The Kier molecular flexibility index (Phi) is 3.74. The highest BCUT2D eigenvalue weighted by Gasteiger charge is 2.36. The maximum Gasteiger partial charge on any atom is 0.257 e. The first-order valence-electron chi connectivity index (χ1n) is 7.53. The zero-order valence-corrected chi connectivity index (χ0v) is 13.2. The highest BCUT2D eigenvalue weighted by Crippen LogP contribution is 2.27. The maximum atomic E-state index is 12.7. The maximum absolute atomic E-state index is 12.7. The van der Waals surface area contributed by atoms with Crippen molar-refractivity contribution in [3.8, 4) is 0 Å². The number of nitrogens with two attached hydrogens (primary N) is 1. The number of H-pyrrole nitrogens is 1. The van der Waals surface area contributed by atoms with Gasteiger partial charge in [0.25, 0.3) is 5.91 Å². The van der Waals surface area contributed by atoms with Gasteiger partial charge in [-0.15, -0.1) is 0 Å². The second-order valence-electron chi connectivity index (χ2n) is 6.30. The van der Waals surface area contributed by atoms with Gasteiger partial charge in [0.1, 0.15) is 0 Å². The second-order valence-corrected chi connectivity index (χ2v) is 6.30. The summed E-state index contributed by atoms with van der Waals surface area (Å²) in [5.41, 5.74) is 8.70. The van der Waals surface area contributed by atoms with Crippen molar-refractivity contribution in [3.63, 3.8) is 0 Å². The Labute approximate surface area is 129 Å². The molecule has 0 aromatic carbocycles. The smallest absolute Gasteiger partial charge is 0.257 e. The number of hydrogen-bond donors (Lipinski definition) is 2. The van der Waals surface area contributed by atoms with Crippen molar-refractivity contribution in [2.24, 2.45) is 12.8 Å². The molecule has 0 saturated carbocycles. The van der Waals surface area contributed by atoms with E-state index in [2.05, 4.69) is 15.2 Å². The zero-order chi connectivity index (χ0) is 15.9. The summed E-state index contributed by atoms with van der Waals surface area (Å²) in [5, 5.41) is 6.94. The Hall–Kier alpha value is -2.15. The number of hydrogen-bond acceptors (Lipinski definition) is 4. The van der Waals surface area contributed by atoms with Gasteiger partial charge < -0.3 is 15.2 Å². The molecule has 1 aliphatic heterocycles. The summed E-state index contributed by atoms with van der Waals surface area (Å²) in [5.74, 6) is 0.301. The van der Waals surface area contributed by atoms with E-state index in [-0.39, 0.29) is 23.8 Å². The van der Waals surface area contributed by atoms with Crippen LogP contribution >= 0.6 is 0 Å². The molecule has 1 aliphatic rings.